The zero-order valence-corrected chi connectivity index (χ0v) is 25.3. The molecular formula is C42H27N5. The molecule has 0 spiro atoms. The number of nitrogens with zero attached hydrogens (tertiary/aromatic N) is 5. The number of rotatable bonds is 5. The molecule has 0 bridgehead atoms. The van der Waals surface area contributed by atoms with Gasteiger partial charge in [0.05, 0.1) is 11.0 Å². The summed E-state index contributed by atoms with van der Waals surface area (Å²) in [7, 11) is 0. The SMILES string of the molecule is c1ccc(-c2ccc3c4c5ccccc5ccc4n(-c4cccc(-c5nc(-c6ccccc6)nc(-c6ccccc6)n5)n4)c3c2)cc1. The Balaban J connectivity index is 1.28. The molecule has 47 heavy (non-hydrogen) atoms. The van der Waals surface area contributed by atoms with E-state index in [1.165, 1.54) is 27.1 Å². The summed E-state index contributed by atoms with van der Waals surface area (Å²) in [5.74, 6) is 2.54. The highest BCUT2D eigenvalue weighted by molar-refractivity contribution is 6.21. The summed E-state index contributed by atoms with van der Waals surface area (Å²) in [4.78, 5) is 20.0. The Morgan fingerprint density at radius 2 is 0.979 bits per heavy atom. The first-order chi connectivity index (χ1) is 23.3. The van der Waals surface area contributed by atoms with Crippen molar-refractivity contribution in [3.8, 4) is 51.2 Å². The van der Waals surface area contributed by atoms with E-state index >= 15 is 0 Å². The highest BCUT2D eigenvalue weighted by Gasteiger charge is 2.18. The molecule has 0 atom stereocenters. The van der Waals surface area contributed by atoms with Gasteiger partial charge in [-0.1, -0.05) is 140 Å². The Labute approximate surface area is 271 Å². The average molecular weight is 602 g/mol. The molecule has 0 saturated heterocycles. The Morgan fingerprint density at radius 3 is 1.68 bits per heavy atom. The first-order valence-electron chi connectivity index (χ1n) is 15.7. The normalized spacial score (nSPS) is 11.4. The molecule has 0 saturated carbocycles. The summed E-state index contributed by atoms with van der Waals surface area (Å²) in [5.41, 5.74) is 7.03. The van der Waals surface area contributed by atoms with Crippen LogP contribution >= 0.6 is 0 Å². The second-order valence-corrected chi connectivity index (χ2v) is 11.5. The quantitative estimate of drug-likeness (QED) is 0.197. The molecule has 6 aromatic carbocycles. The van der Waals surface area contributed by atoms with Crippen molar-refractivity contribution in [2.45, 2.75) is 0 Å². The van der Waals surface area contributed by atoms with E-state index in [1.54, 1.807) is 0 Å². The first kappa shape index (κ1) is 26.9. The molecule has 0 N–H and O–H groups in total. The lowest BCUT2D eigenvalue weighted by molar-refractivity contribution is 1.03. The highest BCUT2D eigenvalue weighted by atomic mass is 15.1. The van der Waals surface area contributed by atoms with E-state index in [0.717, 1.165) is 33.5 Å². The van der Waals surface area contributed by atoms with Crippen molar-refractivity contribution in [1.82, 2.24) is 24.5 Å². The molecular weight excluding hydrogens is 574 g/mol. The second-order valence-electron chi connectivity index (χ2n) is 11.5. The van der Waals surface area contributed by atoms with Gasteiger partial charge in [-0.25, -0.2) is 19.9 Å². The maximum absolute atomic E-state index is 5.25. The minimum Gasteiger partial charge on any atom is -0.294 e. The lowest BCUT2D eigenvalue weighted by Crippen LogP contribution is -2.03. The van der Waals surface area contributed by atoms with Crippen molar-refractivity contribution >= 4 is 32.6 Å². The van der Waals surface area contributed by atoms with Gasteiger partial charge in [0.25, 0.3) is 0 Å². The Morgan fingerprint density at radius 1 is 0.362 bits per heavy atom. The number of pyridine rings is 1. The molecule has 5 nitrogen and oxygen atoms in total. The van der Waals surface area contributed by atoms with Crippen LogP contribution in [0.2, 0.25) is 0 Å². The van der Waals surface area contributed by atoms with Crippen LogP contribution < -0.4 is 0 Å². The third-order valence-corrected chi connectivity index (χ3v) is 8.66. The predicted octanol–water partition coefficient (Wildman–Crippen LogP) is 10.2. The van der Waals surface area contributed by atoms with Crippen LogP contribution in [0, 0.1) is 0 Å². The summed E-state index contributed by atoms with van der Waals surface area (Å²) >= 11 is 0. The molecule has 220 valence electrons. The maximum Gasteiger partial charge on any atom is 0.182 e. The number of benzene rings is 6. The number of hydrogen-bond donors (Lipinski definition) is 0. The summed E-state index contributed by atoms with van der Waals surface area (Å²) in [6, 6.07) is 56.3. The summed E-state index contributed by atoms with van der Waals surface area (Å²) in [5, 5.41) is 4.82. The Bertz CT molecular complexity index is 2500. The van der Waals surface area contributed by atoms with Gasteiger partial charge in [0.1, 0.15) is 11.5 Å². The van der Waals surface area contributed by atoms with Crippen molar-refractivity contribution in [1.29, 1.82) is 0 Å². The topological polar surface area (TPSA) is 56.5 Å². The standard InChI is InChI=1S/C42H27N5/c1-4-13-28(14-5-1)32-23-25-34-37(27-32)47(36-26-24-29-15-10-11-20-33(29)39(34)36)38-22-12-21-35(43-38)42-45-40(30-16-6-2-7-17-30)44-41(46-42)31-18-8-3-9-19-31/h1-27H. The van der Waals surface area contributed by atoms with E-state index in [9.17, 15) is 0 Å². The second kappa shape index (κ2) is 11.2. The molecule has 0 aliphatic rings. The monoisotopic (exact) mass is 601 g/mol. The van der Waals surface area contributed by atoms with Gasteiger partial charge in [0, 0.05) is 21.9 Å². The van der Waals surface area contributed by atoms with Crippen LogP contribution in [-0.4, -0.2) is 24.5 Å². The molecule has 0 fully saturated rings. The van der Waals surface area contributed by atoms with Crippen LogP contribution in [0.5, 0.6) is 0 Å². The minimum atomic E-state index is 0.524. The number of hydrogen-bond acceptors (Lipinski definition) is 4. The van der Waals surface area contributed by atoms with Crippen molar-refractivity contribution in [3.63, 3.8) is 0 Å². The third-order valence-electron chi connectivity index (χ3n) is 8.66. The fraction of sp³-hybridized carbons (Fsp3) is 0. The molecule has 5 heteroatoms. The Hall–Kier alpha value is -6.46. The van der Waals surface area contributed by atoms with Crippen molar-refractivity contribution in [3.05, 3.63) is 164 Å². The molecule has 3 heterocycles. The first-order valence-corrected chi connectivity index (χ1v) is 15.7. The van der Waals surface area contributed by atoms with E-state index in [1.807, 2.05) is 78.9 Å². The van der Waals surface area contributed by atoms with Crippen LogP contribution in [0.15, 0.2) is 164 Å². The minimum absolute atomic E-state index is 0.524. The summed E-state index contributed by atoms with van der Waals surface area (Å²) in [6.07, 6.45) is 0. The lowest BCUT2D eigenvalue weighted by atomic mass is 10.0. The zero-order chi connectivity index (χ0) is 31.2. The predicted molar refractivity (Wildman–Crippen MR) is 191 cm³/mol. The lowest BCUT2D eigenvalue weighted by Gasteiger charge is -2.11. The molecule has 9 rings (SSSR count). The van der Waals surface area contributed by atoms with Crippen molar-refractivity contribution in [2.75, 3.05) is 0 Å². The molecule has 0 unspecified atom stereocenters. The highest BCUT2D eigenvalue weighted by Crippen LogP contribution is 2.38. The zero-order valence-electron chi connectivity index (χ0n) is 25.3. The van der Waals surface area contributed by atoms with Gasteiger partial charge in [0.15, 0.2) is 17.5 Å². The fourth-order valence-corrected chi connectivity index (χ4v) is 6.44. The van der Waals surface area contributed by atoms with Crippen LogP contribution in [0.3, 0.4) is 0 Å². The van der Waals surface area contributed by atoms with Gasteiger partial charge in [-0.3, -0.25) is 4.57 Å². The Kier molecular flexibility index (Phi) is 6.39. The van der Waals surface area contributed by atoms with Gasteiger partial charge in [-0.05, 0) is 46.2 Å². The van der Waals surface area contributed by atoms with E-state index in [-0.39, 0.29) is 0 Å². The van der Waals surface area contributed by atoms with E-state index in [0.29, 0.717) is 23.2 Å². The van der Waals surface area contributed by atoms with E-state index < -0.39 is 0 Å². The van der Waals surface area contributed by atoms with Gasteiger partial charge < -0.3 is 0 Å². The largest absolute Gasteiger partial charge is 0.294 e. The van der Waals surface area contributed by atoms with Crippen LogP contribution in [-0.2, 0) is 0 Å². The van der Waals surface area contributed by atoms with E-state index in [4.69, 9.17) is 19.9 Å². The maximum atomic E-state index is 5.25. The fourth-order valence-electron chi connectivity index (χ4n) is 6.44. The van der Waals surface area contributed by atoms with Crippen LogP contribution in [0.25, 0.3) is 83.8 Å². The molecule has 3 aromatic heterocycles. The number of aromatic nitrogens is 5. The van der Waals surface area contributed by atoms with Gasteiger partial charge >= 0.3 is 0 Å². The third kappa shape index (κ3) is 4.73. The number of fused-ring (bicyclic) bond motifs is 5. The molecule has 0 amide bonds. The summed E-state index contributed by atoms with van der Waals surface area (Å²) < 4.78 is 2.27. The molecule has 0 radical (unpaired) electrons. The summed E-state index contributed by atoms with van der Waals surface area (Å²) in [6.45, 7) is 0. The average Bonchev–Trinajstić information content (AvgIpc) is 3.50. The van der Waals surface area contributed by atoms with Crippen molar-refractivity contribution < 1.29 is 0 Å². The van der Waals surface area contributed by atoms with Gasteiger partial charge in [-0.2, -0.15) is 0 Å². The molecule has 9 aromatic rings. The van der Waals surface area contributed by atoms with Crippen molar-refractivity contribution in [2.24, 2.45) is 0 Å². The van der Waals surface area contributed by atoms with Gasteiger partial charge in [-0.15, -0.1) is 0 Å². The van der Waals surface area contributed by atoms with Gasteiger partial charge in [0.2, 0.25) is 0 Å². The van der Waals surface area contributed by atoms with Crippen LogP contribution in [0.1, 0.15) is 0 Å². The smallest absolute Gasteiger partial charge is 0.182 e. The van der Waals surface area contributed by atoms with Crippen LogP contribution in [0.4, 0.5) is 0 Å². The molecule has 0 aliphatic heterocycles. The molecule has 0 aliphatic carbocycles. The van der Waals surface area contributed by atoms with E-state index in [2.05, 4.69) is 89.5 Å².